The maximum absolute atomic E-state index is 11.9. The van der Waals surface area contributed by atoms with Crippen LogP contribution in [0.1, 0.15) is 40.5 Å². The van der Waals surface area contributed by atoms with Gasteiger partial charge in [-0.05, 0) is 27.2 Å². The van der Waals surface area contributed by atoms with Crippen LogP contribution in [0.25, 0.3) is 0 Å². The van der Waals surface area contributed by atoms with Gasteiger partial charge in [0.05, 0.1) is 6.61 Å². The fraction of sp³-hybridized carbons (Fsp3) is 0.818. The first-order chi connectivity index (χ1) is 6.82. The lowest BCUT2D eigenvalue weighted by Crippen LogP contribution is -2.40. The van der Waals surface area contributed by atoms with Crippen LogP contribution in [-0.4, -0.2) is 24.1 Å². The zero-order chi connectivity index (χ0) is 11.7. The quantitative estimate of drug-likeness (QED) is 0.518. The molecule has 1 saturated heterocycles. The van der Waals surface area contributed by atoms with E-state index in [9.17, 15) is 9.59 Å². The van der Waals surface area contributed by atoms with Crippen LogP contribution in [0.4, 0.5) is 0 Å². The highest BCUT2D eigenvalue weighted by atomic mass is 16.6. The minimum Gasteiger partial charge on any atom is -0.465 e. The predicted molar refractivity (Wildman–Crippen MR) is 54.1 cm³/mol. The third-order valence-corrected chi connectivity index (χ3v) is 2.55. The summed E-state index contributed by atoms with van der Waals surface area (Å²) in [5.41, 5.74) is -1.63. The summed E-state index contributed by atoms with van der Waals surface area (Å²) in [6.45, 7) is 7.47. The molecule has 0 amide bonds. The van der Waals surface area contributed by atoms with Crippen molar-refractivity contribution in [3.8, 4) is 0 Å². The first-order valence-corrected chi connectivity index (χ1v) is 5.22. The Kier molecular flexibility index (Phi) is 3.07. The smallest absolute Gasteiger partial charge is 0.324 e. The number of cyclic esters (lactones) is 1. The van der Waals surface area contributed by atoms with Gasteiger partial charge in [0.1, 0.15) is 5.60 Å². The molecule has 0 aromatic carbocycles. The number of esters is 2. The molecule has 4 nitrogen and oxygen atoms in total. The van der Waals surface area contributed by atoms with Gasteiger partial charge in [-0.3, -0.25) is 9.59 Å². The molecule has 0 aliphatic carbocycles. The zero-order valence-electron chi connectivity index (χ0n) is 9.75. The lowest BCUT2D eigenvalue weighted by Gasteiger charge is -2.27. The van der Waals surface area contributed by atoms with Gasteiger partial charge in [0.2, 0.25) is 0 Å². The van der Waals surface area contributed by atoms with Gasteiger partial charge in [-0.2, -0.15) is 0 Å². The number of ether oxygens (including phenoxy) is 2. The van der Waals surface area contributed by atoms with Gasteiger partial charge in [0, 0.05) is 6.42 Å². The van der Waals surface area contributed by atoms with Crippen molar-refractivity contribution in [1.29, 1.82) is 0 Å². The molecule has 1 atom stereocenters. The van der Waals surface area contributed by atoms with Gasteiger partial charge < -0.3 is 9.47 Å². The third-order valence-electron chi connectivity index (χ3n) is 2.55. The van der Waals surface area contributed by atoms with Crippen molar-refractivity contribution in [2.45, 2.75) is 46.1 Å². The fourth-order valence-electron chi connectivity index (χ4n) is 1.58. The van der Waals surface area contributed by atoms with Crippen molar-refractivity contribution in [2.75, 3.05) is 6.61 Å². The summed E-state index contributed by atoms with van der Waals surface area (Å²) >= 11 is 0. The van der Waals surface area contributed by atoms with Gasteiger partial charge in [-0.15, -0.1) is 0 Å². The van der Waals surface area contributed by atoms with E-state index in [1.165, 1.54) is 0 Å². The summed E-state index contributed by atoms with van der Waals surface area (Å²) in [6, 6.07) is 0. The summed E-state index contributed by atoms with van der Waals surface area (Å²) in [6.07, 6.45) is 0.859. The van der Waals surface area contributed by atoms with E-state index in [-0.39, 0.29) is 0 Å². The van der Waals surface area contributed by atoms with Crippen molar-refractivity contribution < 1.29 is 19.1 Å². The van der Waals surface area contributed by atoms with Crippen molar-refractivity contribution in [3.63, 3.8) is 0 Å². The Balaban J connectivity index is 2.83. The minimum atomic E-state index is -1.06. The molecule has 4 heteroatoms. The molecule has 0 spiro atoms. The van der Waals surface area contributed by atoms with Crippen LogP contribution in [-0.2, 0) is 19.1 Å². The molecule has 0 radical (unpaired) electrons. The SMILES string of the molecule is CC[C@@]1(C(=O)OC(C)(C)C)CCOC1=O. The summed E-state index contributed by atoms with van der Waals surface area (Å²) in [5.74, 6) is -0.903. The molecule has 0 N–H and O–H groups in total. The summed E-state index contributed by atoms with van der Waals surface area (Å²) < 4.78 is 10.1. The standard InChI is InChI=1S/C11H18O4/c1-5-11(6-7-14-8(11)12)9(13)15-10(2,3)4/h5-7H2,1-4H3/t11-/m1/s1. The van der Waals surface area contributed by atoms with Crippen LogP contribution < -0.4 is 0 Å². The average molecular weight is 214 g/mol. The first kappa shape index (κ1) is 12.0. The molecule has 1 heterocycles. The molecule has 0 aromatic heterocycles. The van der Waals surface area contributed by atoms with Gasteiger partial charge in [-0.1, -0.05) is 6.92 Å². The number of hydrogen-bond donors (Lipinski definition) is 0. The Morgan fingerprint density at radius 2 is 2.13 bits per heavy atom. The molecular weight excluding hydrogens is 196 g/mol. The van der Waals surface area contributed by atoms with E-state index >= 15 is 0 Å². The van der Waals surface area contributed by atoms with Crippen LogP contribution in [0, 0.1) is 5.41 Å². The molecule has 0 bridgehead atoms. The zero-order valence-corrected chi connectivity index (χ0v) is 9.75. The van der Waals surface area contributed by atoms with E-state index in [0.717, 1.165) is 0 Å². The summed E-state index contributed by atoms with van der Waals surface area (Å²) in [4.78, 5) is 23.4. The van der Waals surface area contributed by atoms with Gasteiger partial charge in [-0.25, -0.2) is 0 Å². The minimum absolute atomic E-state index is 0.311. The van der Waals surface area contributed by atoms with Gasteiger partial charge >= 0.3 is 11.9 Å². The molecule has 0 saturated carbocycles. The van der Waals surface area contributed by atoms with Gasteiger partial charge in [0.25, 0.3) is 0 Å². The maximum Gasteiger partial charge on any atom is 0.324 e. The average Bonchev–Trinajstić information content (AvgIpc) is 2.44. The number of hydrogen-bond acceptors (Lipinski definition) is 4. The predicted octanol–water partition coefficient (Wildman–Crippen LogP) is 1.67. The van der Waals surface area contributed by atoms with Gasteiger partial charge in [0.15, 0.2) is 5.41 Å². The summed E-state index contributed by atoms with van der Waals surface area (Å²) in [5, 5.41) is 0. The van der Waals surface area contributed by atoms with E-state index < -0.39 is 23.0 Å². The molecule has 0 unspecified atom stereocenters. The largest absolute Gasteiger partial charge is 0.465 e. The number of carbonyl (C=O) groups excluding carboxylic acids is 2. The third kappa shape index (κ3) is 2.30. The molecule has 0 aromatic rings. The highest BCUT2D eigenvalue weighted by Gasteiger charge is 2.51. The van der Waals surface area contributed by atoms with Crippen molar-refractivity contribution in [3.05, 3.63) is 0 Å². The van der Waals surface area contributed by atoms with E-state index in [1.807, 2.05) is 0 Å². The highest BCUT2D eigenvalue weighted by molar-refractivity contribution is 6.01. The molecule has 15 heavy (non-hydrogen) atoms. The Labute approximate surface area is 89.9 Å². The Hall–Kier alpha value is -1.06. The van der Waals surface area contributed by atoms with Crippen LogP contribution in [0.15, 0.2) is 0 Å². The molecule has 86 valence electrons. The second kappa shape index (κ2) is 3.83. The Morgan fingerprint density at radius 3 is 2.47 bits per heavy atom. The second-order valence-corrected chi connectivity index (χ2v) is 4.82. The van der Waals surface area contributed by atoms with Crippen LogP contribution >= 0.6 is 0 Å². The molecule has 1 aliphatic heterocycles. The molecule has 1 rings (SSSR count). The number of rotatable bonds is 2. The monoisotopic (exact) mass is 214 g/mol. The summed E-state index contributed by atoms with van der Waals surface area (Å²) in [7, 11) is 0. The Bertz CT molecular complexity index is 277. The van der Waals surface area contributed by atoms with Crippen molar-refractivity contribution in [1.82, 2.24) is 0 Å². The topological polar surface area (TPSA) is 52.6 Å². The van der Waals surface area contributed by atoms with Crippen LogP contribution in [0.5, 0.6) is 0 Å². The van der Waals surface area contributed by atoms with E-state index in [1.54, 1.807) is 27.7 Å². The van der Waals surface area contributed by atoms with Crippen molar-refractivity contribution in [2.24, 2.45) is 5.41 Å². The molecule has 1 fully saturated rings. The second-order valence-electron chi connectivity index (χ2n) is 4.82. The maximum atomic E-state index is 11.9. The highest BCUT2D eigenvalue weighted by Crippen LogP contribution is 2.36. The van der Waals surface area contributed by atoms with Crippen LogP contribution in [0.3, 0.4) is 0 Å². The fourth-order valence-corrected chi connectivity index (χ4v) is 1.58. The molecular formula is C11H18O4. The first-order valence-electron chi connectivity index (χ1n) is 5.22. The van der Waals surface area contributed by atoms with E-state index in [0.29, 0.717) is 19.4 Å². The molecule has 1 aliphatic rings. The Morgan fingerprint density at radius 1 is 1.53 bits per heavy atom. The number of carbonyl (C=O) groups is 2. The normalized spacial score (nSPS) is 26.3. The lowest BCUT2D eigenvalue weighted by atomic mass is 9.83. The van der Waals surface area contributed by atoms with Crippen molar-refractivity contribution >= 4 is 11.9 Å². The lowest BCUT2D eigenvalue weighted by molar-refractivity contribution is -0.173. The van der Waals surface area contributed by atoms with E-state index in [4.69, 9.17) is 9.47 Å². The van der Waals surface area contributed by atoms with Crippen LogP contribution in [0.2, 0.25) is 0 Å². The van der Waals surface area contributed by atoms with E-state index in [2.05, 4.69) is 0 Å².